The van der Waals surface area contributed by atoms with Gasteiger partial charge in [-0.2, -0.15) is 5.26 Å². The second-order valence-electron chi connectivity index (χ2n) is 5.60. The van der Waals surface area contributed by atoms with Gasteiger partial charge in [0.1, 0.15) is 5.76 Å². The molecule has 0 atom stereocenters. The summed E-state index contributed by atoms with van der Waals surface area (Å²) in [6.07, 6.45) is 0. The third-order valence-electron chi connectivity index (χ3n) is 3.56. The summed E-state index contributed by atoms with van der Waals surface area (Å²) in [4.78, 5) is 12.2. The van der Waals surface area contributed by atoms with Gasteiger partial charge in [0.2, 0.25) is 0 Å². The van der Waals surface area contributed by atoms with Crippen molar-refractivity contribution < 1.29 is 17.7 Å². The zero-order valence-corrected chi connectivity index (χ0v) is 14.9. The molecule has 3 rings (SSSR count). The fraction of sp³-hybridized carbons (Fsp3) is 0.0556. The summed E-state index contributed by atoms with van der Waals surface area (Å²) in [7, 11) is -3.82. The van der Waals surface area contributed by atoms with Crippen molar-refractivity contribution in [1.82, 2.24) is 5.16 Å². The van der Waals surface area contributed by atoms with Crippen LogP contribution in [-0.2, 0) is 10.0 Å². The molecule has 1 aromatic heterocycles. The van der Waals surface area contributed by atoms with E-state index in [1.54, 1.807) is 13.0 Å². The first-order valence-electron chi connectivity index (χ1n) is 7.75. The lowest BCUT2D eigenvalue weighted by Crippen LogP contribution is -2.15. The number of aryl methyl sites for hydroxylation is 1. The van der Waals surface area contributed by atoms with Gasteiger partial charge in [0.25, 0.3) is 15.9 Å². The van der Waals surface area contributed by atoms with Crippen LogP contribution in [0.2, 0.25) is 0 Å². The minimum Gasteiger partial charge on any atom is -0.360 e. The molecule has 0 unspecified atom stereocenters. The Morgan fingerprint density at radius 1 is 1.11 bits per heavy atom. The molecule has 8 nitrogen and oxygen atoms in total. The van der Waals surface area contributed by atoms with Crippen LogP contribution in [0, 0.1) is 18.3 Å². The zero-order chi connectivity index (χ0) is 19.4. The van der Waals surface area contributed by atoms with E-state index in [0.29, 0.717) is 17.0 Å². The number of benzene rings is 2. The molecule has 2 aromatic carbocycles. The van der Waals surface area contributed by atoms with Crippen molar-refractivity contribution in [3.63, 3.8) is 0 Å². The number of anilines is 2. The topological polar surface area (TPSA) is 125 Å². The average Bonchev–Trinajstić information content (AvgIpc) is 3.07. The SMILES string of the molecule is Cc1cc(NC(=O)c2ccc(S(=O)(=O)Nc3ccc(C#N)cc3)cc2)no1. The standard InChI is InChI=1S/C18H14N4O4S/c1-12-10-17(21-26-12)20-18(23)14-4-8-16(9-5-14)27(24,25)22-15-6-2-13(11-19)3-7-15/h2-10,22H,1H3,(H,20,21,23). The fourth-order valence-electron chi connectivity index (χ4n) is 2.23. The molecule has 0 aliphatic heterocycles. The normalized spacial score (nSPS) is 10.8. The summed E-state index contributed by atoms with van der Waals surface area (Å²) in [5.41, 5.74) is 1.03. The van der Waals surface area contributed by atoms with Crippen LogP contribution in [0.15, 0.2) is 64.0 Å². The van der Waals surface area contributed by atoms with Gasteiger partial charge in [0.05, 0.1) is 16.5 Å². The third kappa shape index (κ3) is 4.31. The number of aromatic nitrogens is 1. The molecule has 9 heteroatoms. The minimum atomic E-state index is -3.82. The predicted octanol–water partition coefficient (Wildman–Crippen LogP) is 2.91. The van der Waals surface area contributed by atoms with E-state index in [-0.39, 0.29) is 16.3 Å². The number of nitriles is 1. The fourth-order valence-corrected chi connectivity index (χ4v) is 3.28. The average molecular weight is 382 g/mol. The highest BCUT2D eigenvalue weighted by Gasteiger charge is 2.16. The van der Waals surface area contributed by atoms with Crippen LogP contribution in [-0.4, -0.2) is 19.5 Å². The maximum atomic E-state index is 12.4. The van der Waals surface area contributed by atoms with Crippen LogP contribution in [0.25, 0.3) is 0 Å². The highest BCUT2D eigenvalue weighted by Crippen LogP contribution is 2.18. The predicted molar refractivity (Wildman–Crippen MR) is 97.6 cm³/mol. The highest BCUT2D eigenvalue weighted by molar-refractivity contribution is 7.92. The van der Waals surface area contributed by atoms with E-state index in [1.165, 1.54) is 48.5 Å². The summed E-state index contributed by atoms with van der Waals surface area (Å²) >= 11 is 0. The Morgan fingerprint density at radius 3 is 2.33 bits per heavy atom. The van der Waals surface area contributed by atoms with E-state index in [1.807, 2.05) is 6.07 Å². The molecular formula is C18H14N4O4S. The summed E-state index contributed by atoms with van der Waals surface area (Å²) in [6, 6.07) is 15.0. The van der Waals surface area contributed by atoms with Gasteiger partial charge in [0.15, 0.2) is 5.82 Å². The van der Waals surface area contributed by atoms with Gasteiger partial charge in [-0.15, -0.1) is 0 Å². The van der Waals surface area contributed by atoms with Crippen LogP contribution < -0.4 is 10.0 Å². The summed E-state index contributed by atoms with van der Waals surface area (Å²) in [5.74, 6) is 0.393. The molecule has 0 spiro atoms. The molecule has 0 aliphatic carbocycles. The number of carbonyl (C=O) groups is 1. The quantitative estimate of drug-likeness (QED) is 0.699. The van der Waals surface area contributed by atoms with Crippen LogP contribution in [0.5, 0.6) is 0 Å². The maximum Gasteiger partial charge on any atom is 0.261 e. The molecule has 0 bridgehead atoms. The Hall–Kier alpha value is -3.64. The number of amides is 1. The molecule has 27 heavy (non-hydrogen) atoms. The smallest absolute Gasteiger partial charge is 0.261 e. The number of carbonyl (C=O) groups excluding carboxylic acids is 1. The van der Waals surface area contributed by atoms with Gasteiger partial charge in [-0.25, -0.2) is 8.42 Å². The second kappa shape index (κ2) is 7.31. The zero-order valence-electron chi connectivity index (χ0n) is 14.1. The van der Waals surface area contributed by atoms with Crippen LogP contribution >= 0.6 is 0 Å². The second-order valence-corrected chi connectivity index (χ2v) is 7.28. The molecule has 0 aliphatic rings. The van der Waals surface area contributed by atoms with Crippen molar-refractivity contribution in [1.29, 1.82) is 5.26 Å². The molecule has 136 valence electrons. The van der Waals surface area contributed by atoms with Crippen molar-refractivity contribution in [3.05, 3.63) is 71.5 Å². The van der Waals surface area contributed by atoms with Crippen LogP contribution in [0.1, 0.15) is 21.7 Å². The van der Waals surface area contributed by atoms with Crippen LogP contribution in [0.3, 0.4) is 0 Å². The van der Waals surface area contributed by atoms with E-state index in [2.05, 4.69) is 15.2 Å². The van der Waals surface area contributed by atoms with Crippen molar-refractivity contribution >= 4 is 27.4 Å². The first kappa shape index (κ1) is 18.2. The Labute approximate surface area is 155 Å². The molecule has 1 amide bonds. The molecule has 2 N–H and O–H groups in total. The van der Waals surface area contributed by atoms with Crippen molar-refractivity contribution in [2.45, 2.75) is 11.8 Å². The van der Waals surface area contributed by atoms with Gasteiger partial charge < -0.3 is 9.84 Å². The summed E-state index contributed by atoms with van der Waals surface area (Å²) in [6.45, 7) is 1.70. The van der Waals surface area contributed by atoms with Gasteiger partial charge in [-0.1, -0.05) is 5.16 Å². The largest absolute Gasteiger partial charge is 0.360 e. The Kier molecular flexibility index (Phi) is 4.92. The van der Waals surface area contributed by atoms with Gasteiger partial charge in [0, 0.05) is 17.3 Å². The lowest BCUT2D eigenvalue weighted by molar-refractivity contribution is 0.102. The van der Waals surface area contributed by atoms with E-state index in [4.69, 9.17) is 9.78 Å². The first-order valence-corrected chi connectivity index (χ1v) is 9.23. The number of hydrogen-bond donors (Lipinski definition) is 2. The van der Waals surface area contributed by atoms with Gasteiger partial charge >= 0.3 is 0 Å². The monoisotopic (exact) mass is 382 g/mol. The first-order chi connectivity index (χ1) is 12.9. The number of rotatable bonds is 5. The third-order valence-corrected chi connectivity index (χ3v) is 4.96. The number of sulfonamides is 1. The van der Waals surface area contributed by atoms with Crippen molar-refractivity contribution in [2.24, 2.45) is 0 Å². The molecule has 3 aromatic rings. The number of hydrogen-bond acceptors (Lipinski definition) is 6. The lowest BCUT2D eigenvalue weighted by Gasteiger charge is -2.09. The van der Waals surface area contributed by atoms with E-state index in [9.17, 15) is 13.2 Å². The van der Waals surface area contributed by atoms with Gasteiger partial charge in [-0.05, 0) is 55.5 Å². The molecule has 0 radical (unpaired) electrons. The Morgan fingerprint density at radius 2 is 1.78 bits per heavy atom. The van der Waals surface area contributed by atoms with E-state index < -0.39 is 15.9 Å². The minimum absolute atomic E-state index is 0.000639. The maximum absolute atomic E-state index is 12.4. The molecular weight excluding hydrogens is 368 g/mol. The summed E-state index contributed by atoms with van der Waals surface area (Å²) in [5, 5.41) is 15.0. The van der Waals surface area contributed by atoms with Gasteiger partial charge in [-0.3, -0.25) is 9.52 Å². The lowest BCUT2D eigenvalue weighted by atomic mass is 10.2. The van der Waals surface area contributed by atoms with Crippen LogP contribution in [0.4, 0.5) is 11.5 Å². The molecule has 0 fully saturated rings. The molecule has 0 saturated heterocycles. The highest BCUT2D eigenvalue weighted by atomic mass is 32.2. The number of nitrogens with one attached hydrogen (secondary N) is 2. The van der Waals surface area contributed by atoms with Crippen molar-refractivity contribution in [2.75, 3.05) is 10.0 Å². The molecule has 1 heterocycles. The molecule has 0 saturated carbocycles. The van der Waals surface area contributed by atoms with Crippen molar-refractivity contribution in [3.8, 4) is 6.07 Å². The Bertz CT molecular complexity index is 1110. The summed E-state index contributed by atoms with van der Waals surface area (Å²) < 4.78 is 32.1. The number of nitrogens with zero attached hydrogens (tertiary/aromatic N) is 2. The van der Waals surface area contributed by atoms with E-state index in [0.717, 1.165) is 0 Å². The van der Waals surface area contributed by atoms with E-state index >= 15 is 0 Å². The Balaban J connectivity index is 1.73.